The molecule has 20 heavy (non-hydrogen) atoms. The number of fused-ring (bicyclic) bond motifs is 1. The van der Waals surface area contributed by atoms with Crippen molar-refractivity contribution in [3.8, 4) is 5.75 Å². The first-order valence-electron chi connectivity index (χ1n) is 6.78. The van der Waals surface area contributed by atoms with Gasteiger partial charge in [-0.2, -0.15) is 10.9 Å². The molecule has 2 heterocycles. The van der Waals surface area contributed by atoms with E-state index in [1.54, 1.807) is 6.26 Å². The summed E-state index contributed by atoms with van der Waals surface area (Å²) in [5, 5.41) is 8.78. The van der Waals surface area contributed by atoms with Gasteiger partial charge in [0.15, 0.2) is 11.3 Å². The summed E-state index contributed by atoms with van der Waals surface area (Å²) in [5.41, 5.74) is 1.02. The number of hydrogen-bond acceptors (Lipinski definition) is 3. The summed E-state index contributed by atoms with van der Waals surface area (Å²) in [5.74, 6) is 0.838. The van der Waals surface area contributed by atoms with Crippen LogP contribution in [0.4, 0.5) is 0 Å². The van der Waals surface area contributed by atoms with E-state index in [-0.39, 0.29) is 16.3 Å². The number of ether oxygens (including phenoxy) is 1. The van der Waals surface area contributed by atoms with Crippen molar-refractivity contribution in [2.75, 3.05) is 13.6 Å². The van der Waals surface area contributed by atoms with Gasteiger partial charge in [0.2, 0.25) is 0 Å². The Morgan fingerprint density at radius 3 is 2.90 bits per heavy atom. The Labute approximate surface area is 121 Å². The van der Waals surface area contributed by atoms with Gasteiger partial charge in [-0.3, -0.25) is 0 Å². The first kappa shape index (κ1) is 13.3. The zero-order valence-corrected chi connectivity index (χ0v) is 12.3. The average molecular weight is 289 g/mol. The van der Waals surface area contributed by atoms with Crippen molar-refractivity contribution in [3.63, 3.8) is 0 Å². The minimum absolute atomic E-state index is 0.183. The minimum Gasteiger partial charge on any atom is -0.477 e. The van der Waals surface area contributed by atoms with Crippen molar-refractivity contribution in [1.29, 1.82) is 0 Å². The van der Waals surface area contributed by atoms with E-state index in [1.807, 2.05) is 31.3 Å². The van der Waals surface area contributed by atoms with Crippen LogP contribution in [-0.4, -0.2) is 19.0 Å². The second kappa shape index (κ2) is 6.20. The summed E-state index contributed by atoms with van der Waals surface area (Å²) >= 11 is 0. The van der Waals surface area contributed by atoms with Crippen LogP contribution < -0.4 is 10.1 Å². The molecule has 3 nitrogen and oxygen atoms in total. The average Bonchev–Trinajstić information content (AvgIpc) is 3.14. The predicted octanol–water partition coefficient (Wildman–Crippen LogP) is 3.79. The van der Waals surface area contributed by atoms with E-state index in [4.69, 9.17) is 9.15 Å². The summed E-state index contributed by atoms with van der Waals surface area (Å²) in [6, 6.07) is 7.99. The molecule has 1 aliphatic heterocycles. The Kier molecular flexibility index (Phi) is 4.14. The van der Waals surface area contributed by atoms with Crippen LogP contribution in [-0.2, 0) is 0 Å². The lowest BCUT2D eigenvalue weighted by molar-refractivity contribution is 0.275. The van der Waals surface area contributed by atoms with Crippen LogP contribution in [0.2, 0.25) is 0 Å². The standard InChI is InChI=1S/C16H19NO2S/c1-17-9-7-15(20-11-2-3-12-20)19-14-6-4-5-13-8-10-18-16(13)14/h2-6,8,10-12,15,17,20H,7,9H2,1H3/t15-/m0/s1. The van der Waals surface area contributed by atoms with Crippen molar-refractivity contribution < 1.29 is 9.15 Å². The highest BCUT2D eigenvalue weighted by atomic mass is 32.2. The lowest BCUT2D eigenvalue weighted by atomic mass is 10.2. The molecule has 1 atom stereocenters. The molecule has 0 saturated heterocycles. The molecule has 0 aliphatic carbocycles. The number of nitrogens with one attached hydrogen (secondary N) is 1. The molecular weight excluding hydrogens is 270 g/mol. The fourth-order valence-electron chi connectivity index (χ4n) is 2.28. The van der Waals surface area contributed by atoms with Crippen LogP contribution in [0.3, 0.4) is 0 Å². The molecule has 3 rings (SSSR count). The number of allylic oxidation sites excluding steroid dienone is 2. The van der Waals surface area contributed by atoms with Crippen LogP contribution in [0, 0.1) is 0 Å². The van der Waals surface area contributed by atoms with Crippen LogP contribution >= 0.6 is 10.9 Å². The number of rotatable bonds is 6. The maximum atomic E-state index is 6.26. The number of para-hydroxylation sites is 1. The molecule has 106 valence electrons. The third-order valence-corrected chi connectivity index (χ3v) is 5.37. The van der Waals surface area contributed by atoms with E-state index in [9.17, 15) is 0 Å². The van der Waals surface area contributed by atoms with E-state index in [2.05, 4.69) is 28.3 Å². The van der Waals surface area contributed by atoms with Crippen molar-refractivity contribution >= 4 is 21.9 Å². The van der Waals surface area contributed by atoms with Gasteiger partial charge in [-0.25, -0.2) is 0 Å². The molecule has 1 aromatic carbocycles. The smallest absolute Gasteiger partial charge is 0.175 e. The molecule has 0 unspecified atom stereocenters. The summed E-state index contributed by atoms with van der Waals surface area (Å²) in [7, 11) is 1.62. The first-order valence-corrected chi connectivity index (χ1v) is 8.33. The van der Waals surface area contributed by atoms with Gasteiger partial charge >= 0.3 is 0 Å². The molecule has 4 heteroatoms. The van der Waals surface area contributed by atoms with Crippen molar-refractivity contribution in [2.24, 2.45) is 0 Å². The number of furan rings is 1. The zero-order valence-electron chi connectivity index (χ0n) is 11.5. The minimum atomic E-state index is -0.350. The SMILES string of the molecule is CNCC[C@@H](Oc1cccc2ccoc12)[SH]1C=CC=C1. The third-order valence-electron chi connectivity index (χ3n) is 3.31. The second-order valence-corrected chi connectivity index (χ2v) is 6.76. The van der Waals surface area contributed by atoms with Gasteiger partial charge in [0.1, 0.15) is 5.44 Å². The van der Waals surface area contributed by atoms with Crippen LogP contribution in [0.1, 0.15) is 6.42 Å². The van der Waals surface area contributed by atoms with E-state index in [1.165, 1.54) is 0 Å². The summed E-state index contributed by atoms with van der Waals surface area (Å²) in [6.45, 7) is 0.944. The van der Waals surface area contributed by atoms with Crippen LogP contribution in [0.25, 0.3) is 11.0 Å². The van der Waals surface area contributed by atoms with Gasteiger partial charge < -0.3 is 14.5 Å². The van der Waals surface area contributed by atoms with Crippen LogP contribution in [0.5, 0.6) is 5.75 Å². The second-order valence-electron chi connectivity index (χ2n) is 4.69. The molecule has 0 radical (unpaired) electrons. The molecule has 0 amide bonds. The zero-order chi connectivity index (χ0) is 13.8. The molecule has 0 fully saturated rings. The first-order chi connectivity index (χ1) is 9.88. The van der Waals surface area contributed by atoms with Gasteiger partial charge in [-0.15, -0.1) is 0 Å². The van der Waals surface area contributed by atoms with E-state index in [0.717, 1.165) is 29.7 Å². The quantitative estimate of drug-likeness (QED) is 0.794. The largest absolute Gasteiger partial charge is 0.477 e. The molecular formula is C16H19NO2S. The highest BCUT2D eigenvalue weighted by molar-refractivity contribution is 8.22. The van der Waals surface area contributed by atoms with Crippen molar-refractivity contribution in [2.45, 2.75) is 11.9 Å². The Morgan fingerprint density at radius 2 is 2.10 bits per heavy atom. The molecule has 0 bridgehead atoms. The number of thiol groups is 1. The lowest BCUT2D eigenvalue weighted by Crippen LogP contribution is -2.21. The monoisotopic (exact) mass is 289 g/mol. The Balaban J connectivity index is 1.83. The van der Waals surface area contributed by atoms with Gasteiger partial charge in [-0.05, 0) is 36.5 Å². The molecule has 2 aromatic rings. The van der Waals surface area contributed by atoms with Gasteiger partial charge in [0, 0.05) is 11.8 Å². The summed E-state index contributed by atoms with van der Waals surface area (Å²) in [4.78, 5) is 0. The van der Waals surface area contributed by atoms with Crippen molar-refractivity contribution in [3.05, 3.63) is 53.5 Å². The van der Waals surface area contributed by atoms with Gasteiger partial charge in [0.25, 0.3) is 0 Å². The Bertz CT molecular complexity index is 620. The maximum Gasteiger partial charge on any atom is 0.175 e. The van der Waals surface area contributed by atoms with Crippen molar-refractivity contribution in [1.82, 2.24) is 5.32 Å². The fraction of sp³-hybridized carbons (Fsp3) is 0.250. The highest BCUT2D eigenvalue weighted by Gasteiger charge is 2.18. The highest BCUT2D eigenvalue weighted by Crippen LogP contribution is 2.41. The Morgan fingerprint density at radius 1 is 1.25 bits per heavy atom. The topological polar surface area (TPSA) is 34.4 Å². The molecule has 0 spiro atoms. The normalized spacial score (nSPS) is 16.9. The van der Waals surface area contributed by atoms with Crippen LogP contribution in [0.15, 0.2) is 57.9 Å². The molecule has 1 aromatic heterocycles. The maximum absolute atomic E-state index is 6.26. The van der Waals surface area contributed by atoms with E-state index in [0.29, 0.717) is 0 Å². The molecule has 1 N–H and O–H groups in total. The number of hydrogen-bond donors (Lipinski definition) is 2. The van der Waals surface area contributed by atoms with Gasteiger partial charge in [-0.1, -0.05) is 24.3 Å². The molecule has 0 saturated carbocycles. The van der Waals surface area contributed by atoms with E-state index < -0.39 is 0 Å². The van der Waals surface area contributed by atoms with E-state index >= 15 is 0 Å². The number of benzene rings is 1. The lowest BCUT2D eigenvalue weighted by Gasteiger charge is -2.25. The fourth-order valence-corrected chi connectivity index (χ4v) is 4.02. The third kappa shape index (κ3) is 2.76. The summed E-state index contributed by atoms with van der Waals surface area (Å²) in [6.07, 6.45) is 6.90. The summed E-state index contributed by atoms with van der Waals surface area (Å²) < 4.78 is 11.8. The van der Waals surface area contributed by atoms with Gasteiger partial charge in [0.05, 0.1) is 6.26 Å². The predicted molar refractivity (Wildman–Crippen MR) is 86.4 cm³/mol. The Hall–Kier alpha value is -1.65. The molecule has 1 aliphatic rings.